The molecule has 3 aromatic heterocycles. The summed E-state index contributed by atoms with van der Waals surface area (Å²) in [6.45, 7) is 19.2. The van der Waals surface area contributed by atoms with E-state index in [0.717, 1.165) is 44.3 Å². The van der Waals surface area contributed by atoms with Crippen molar-refractivity contribution in [2.45, 2.75) is 117 Å². The zero-order valence-electron chi connectivity index (χ0n) is 39.0. The van der Waals surface area contributed by atoms with Crippen LogP contribution in [0, 0.1) is 0 Å². The number of fused-ring (bicyclic) bond motifs is 8. The van der Waals surface area contributed by atoms with Crippen LogP contribution in [0.1, 0.15) is 126 Å². The topological polar surface area (TPSA) is 152 Å². The summed E-state index contributed by atoms with van der Waals surface area (Å²) in [6, 6.07) is 29.0. The summed E-state index contributed by atoms with van der Waals surface area (Å²) in [5.41, 5.74) is 7.05. The molecule has 0 saturated carbocycles. The summed E-state index contributed by atoms with van der Waals surface area (Å²) >= 11 is 0. The predicted octanol–water partition coefficient (Wildman–Crippen LogP) is 10.6. The van der Waals surface area contributed by atoms with Crippen molar-refractivity contribution in [1.82, 2.24) is 30.6 Å². The number of amides is 2. The van der Waals surface area contributed by atoms with E-state index in [9.17, 15) is 9.59 Å². The lowest BCUT2D eigenvalue weighted by Gasteiger charge is -2.32. The number of nitrogens with zero attached hydrogens (tertiary/aromatic N) is 2. The second kappa shape index (κ2) is 17.5. The number of nitrogens with one attached hydrogen (secondary N) is 4. The first kappa shape index (κ1) is 45.1. The fourth-order valence-electron chi connectivity index (χ4n) is 8.19. The number of hydrogen-bond acceptors (Lipinski definition) is 8. The molecule has 0 aliphatic carbocycles. The van der Waals surface area contributed by atoms with Gasteiger partial charge in [0.2, 0.25) is 0 Å². The molecule has 8 bridgehead atoms. The molecular formula is C52H59BN6O6. The van der Waals surface area contributed by atoms with Crippen LogP contribution in [0.15, 0.2) is 91.0 Å². The van der Waals surface area contributed by atoms with Crippen molar-refractivity contribution in [3.63, 3.8) is 0 Å². The Bertz CT molecular complexity index is 2630. The largest absolute Gasteiger partial charge is 0.499 e. The molecule has 13 heteroatoms. The minimum atomic E-state index is -0.847. The van der Waals surface area contributed by atoms with Gasteiger partial charge < -0.3 is 39.4 Å². The maximum Gasteiger partial charge on any atom is 0.499 e. The number of ether oxygens (including phenoxy) is 2. The molecule has 3 aliphatic heterocycles. The molecule has 5 aromatic rings. The lowest BCUT2D eigenvalue weighted by molar-refractivity contribution is 0.00578. The van der Waals surface area contributed by atoms with Gasteiger partial charge >= 0.3 is 19.3 Å². The van der Waals surface area contributed by atoms with E-state index in [4.69, 9.17) is 28.8 Å². The first-order chi connectivity index (χ1) is 30.7. The number of aromatic nitrogens is 4. The average Bonchev–Trinajstić information content (AvgIpc) is 4.06. The molecule has 1 fully saturated rings. The van der Waals surface area contributed by atoms with Crippen molar-refractivity contribution in [2.75, 3.05) is 0 Å². The number of alkyl carbamates (subject to hydrolysis) is 2. The zero-order chi connectivity index (χ0) is 46.3. The van der Waals surface area contributed by atoms with E-state index in [2.05, 4.69) is 20.6 Å². The number of rotatable bonds is 9. The highest BCUT2D eigenvalue weighted by Gasteiger charge is 2.53. The molecule has 3 aliphatic rings. The van der Waals surface area contributed by atoms with Crippen LogP contribution in [0.2, 0.25) is 0 Å². The fraction of sp³-hybridized carbons (Fsp3) is 0.346. The second-order valence-corrected chi connectivity index (χ2v) is 19.8. The van der Waals surface area contributed by atoms with Crippen molar-refractivity contribution < 1.29 is 28.4 Å². The van der Waals surface area contributed by atoms with E-state index >= 15 is 0 Å². The van der Waals surface area contributed by atoms with Crippen LogP contribution in [0.3, 0.4) is 0 Å². The van der Waals surface area contributed by atoms with E-state index in [1.54, 1.807) is 0 Å². The van der Waals surface area contributed by atoms with Gasteiger partial charge in [0.15, 0.2) is 0 Å². The lowest BCUT2D eigenvalue weighted by Crippen LogP contribution is -2.41. The number of H-pyrrole nitrogens is 2. The molecule has 65 heavy (non-hydrogen) atoms. The van der Waals surface area contributed by atoms with Crippen LogP contribution in [-0.2, 0) is 31.6 Å². The van der Waals surface area contributed by atoms with E-state index in [-0.39, 0.29) is 0 Å². The molecule has 2 atom stereocenters. The summed E-state index contributed by atoms with van der Waals surface area (Å²) < 4.78 is 25.2. The monoisotopic (exact) mass is 874 g/mol. The van der Waals surface area contributed by atoms with Crippen LogP contribution in [0.25, 0.3) is 46.4 Å². The molecule has 12 nitrogen and oxygen atoms in total. The first-order valence-corrected chi connectivity index (χ1v) is 22.3. The summed E-state index contributed by atoms with van der Waals surface area (Å²) in [6.07, 6.45) is 7.66. The van der Waals surface area contributed by atoms with Gasteiger partial charge in [0.1, 0.15) is 11.2 Å². The summed E-state index contributed by atoms with van der Waals surface area (Å²) in [4.78, 5) is 45.4. The van der Waals surface area contributed by atoms with Gasteiger partial charge in [0.05, 0.1) is 46.1 Å². The number of hydrogen-bond donors (Lipinski definition) is 4. The number of aromatic amines is 2. The Kier molecular flexibility index (Phi) is 12.2. The van der Waals surface area contributed by atoms with Crippen LogP contribution < -0.4 is 16.1 Å². The third-order valence-electron chi connectivity index (χ3n) is 11.8. The Morgan fingerprint density at radius 3 is 1.37 bits per heavy atom. The Balaban J connectivity index is 1.41. The summed E-state index contributed by atoms with van der Waals surface area (Å²) in [5, 5.41) is 6.41. The summed E-state index contributed by atoms with van der Waals surface area (Å²) in [5.74, 6) is 0. The molecule has 0 radical (unpaired) electrons. The van der Waals surface area contributed by atoms with Crippen molar-refractivity contribution >= 4 is 71.1 Å². The van der Waals surface area contributed by atoms with Gasteiger partial charge in [-0.1, -0.05) is 60.7 Å². The zero-order valence-corrected chi connectivity index (χ0v) is 39.0. The maximum atomic E-state index is 13.7. The Morgan fingerprint density at radius 2 is 0.985 bits per heavy atom. The highest BCUT2D eigenvalue weighted by atomic mass is 16.7. The highest BCUT2D eigenvalue weighted by molar-refractivity contribution is 6.64. The minimum absolute atomic E-state index is 0.456. The third-order valence-corrected chi connectivity index (χ3v) is 11.8. The maximum absolute atomic E-state index is 13.7. The Hall–Kier alpha value is -6.44. The normalized spacial score (nSPS) is 16.2. The highest BCUT2D eigenvalue weighted by Crippen LogP contribution is 2.38. The molecule has 336 valence electrons. The van der Waals surface area contributed by atoms with Crippen LogP contribution >= 0.6 is 0 Å². The molecule has 0 unspecified atom stereocenters. The predicted molar refractivity (Wildman–Crippen MR) is 259 cm³/mol. The molecule has 8 rings (SSSR count). The molecule has 2 amide bonds. The molecule has 1 saturated heterocycles. The van der Waals surface area contributed by atoms with Gasteiger partial charge in [-0.3, -0.25) is 0 Å². The lowest BCUT2D eigenvalue weighted by atomic mass is 9.76. The van der Waals surface area contributed by atoms with E-state index in [0.29, 0.717) is 41.1 Å². The quantitative estimate of drug-likeness (QED) is 0.105. The second-order valence-electron chi connectivity index (χ2n) is 19.8. The van der Waals surface area contributed by atoms with Crippen molar-refractivity contribution in [3.05, 3.63) is 136 Å². The number of carbonyl (C=O) groups is 2. The van der Waals surface area contributed by atoms with Gasteiger partial charge in [-0.15, -0.1) is 0 Å². The molecule has 0 spiro atoms. The average molecular weight is 875 g/mol. The summed E-state index contributed by atoms with van der Waals surface area (Å²) in [7, 11) is -0.847. The van der Waals surface area contributed by atoms with Gasteiger partial charge in [-0.2, -0.15) is 0 Å². The molecule has 2 aromatic carbocycles. The van der Waals surface area contributed by atoms with Crippen LogP contribution in [0.5, 0.6) is 0 Å². The number of carbonyl (C=O) groups excluding carboxylic acids is 2. The van der Waals surface area contributed by atoms with Crippen molar-refractivity contribution in [2.24, 2.45) is 0 Å². The van der Waals surface area contributed by atoms with Crippen molar-refractivity contribution in [3.8, 4) is 0 Å². The molecule has 6 heterocycles. The van der Waals surface area contributed by atoms with E-state index in [1.807, 2.05) is 185 Å². The van der Waals surface area contributed by atoms with Gasteiger partial charge in [-0.25, -0.2) is 19.6 Å². The van der Waals surface area contributed by atoms with Crippen LogP contribution in [-0.4, -0.2) is 61.6 Å². The Morgan fingerprint density at radius 1 is 0.600 bits per heavy atom. The van der Waals surface area contributed by atoms with Gasteiger partial charge in [0.25, 0.3) is 0 Å². The molecular weight excluding hydrogens is 815 g/mol. The SMILES string of the molecule is CC(C)(C)OC(=O)N[C@H](Cc1ccccc1)c1c2nc(c(B3OC(C)(C)C(C)(C)O3)c3nc(c([C@@H](Cc4ccccc4)NC(=O)OC(C)(C)C)c4ccc(cc5ccc1[nH]5)[nH]4)C=C3)C=C2. The fourth-order valence-corrected chi connectivity index (χ4v) is 8.19. The van der Waals surface area contributed by atoms with E-state index < -0.39 is 53.8 Å². The van der Waals surface area contributed by atoms with E-state index in [1.165, 1.54) is 0 Å². The third kappa shape index (κ3) is 10.4. The smallest absolute Gasteiger partial charge is 0.444 e. The van der Waals surface area contributed by atoms with Gasteiger partial charge in [0, 0.05) is 38.7 Å². The molecule has 4 N–H and O–H groups in total. The van der Waals surface area contributed by atoms with Gasteiger partial charge in [-0.05, 0) is 148 Å². The van der Waals surface area contributed by atoms with Crippen LogP contribution in [0.4, 0.5) is 9.59 Å². The minimum Gasteiger partial charge on any atom is -0.444 e. The van der Waals surface area contributed by atoms with Crippen molar-refractivity contribution in [1.29, 1.82) is 0 Å². The Labute approximate surface area is 381 Å². The standard InChI is InChI=1S/C52H59BN6O6/c1-49(2,3)62-47(60)58-42(29-32-17-13-11-14-18-32)44-36-23-21-34(54-36)31-35-22-24-37(55-35)45(43(30-33-19-15-12-16-20-33)59-48(61)63-50(4,5)6)39-26-28-41(57-39)46(40-27-25-38(44)56-40)53-64-51(7,8)52(9,10)65-53/h11-28,31,42-43,54-55H,29-30H2,1-10H3,(H,58,60)(H,59,61)/t42-,43-/m1/s1. The first-order valence-electron chi connectivity index (χ1n) is 22.3. The number of benzene rings is 2.